The number of nitrogens with one attached hydrogen (secondary N) is 1. The molecule has 0 saturated heterocycles. The maximum atomic E-state index is 13.2. The van der Waals surface area contributed by atoms with Crippen molar-refractivity contribution in [2.45, 2.75) is 51.6 Å². The molecule has 0 aliphatic carbocycles. The van der Waals surface area contributed by atoms with E-state index >= 15 is 0 Å². The van der Waals surface area contributed by atoms with Gasteiger partial charge in [0.25, 0.3) is 0 Å². The molecule has 1 atom stereocenters. The van der Waals surface area contributed by atoms with Crippen LogP contribution in [0.4, 0.5) is 0 Å². The van der Waals surface area contributed by atoms with E-state index in [1.165, 1.54) is 11.8 Å². The fourth-order valence-corrected chi connectivity index (χ4v) is 4.46. The standard InChI is InChI=1S/C24H30Cl2N2O3S/c1-16(23(30)27-24(2,3)4)28(13-17-7-6-8-20(11-17)31-5)22(29)15-32-14-18-9-10-19(25)12-21(18)26/h6-12,16H,13-15H2,1-5H3,(H,27,30). The minimum Gasteiger partial charge on any atom is -0.497 e. The fraction of sp³-hybridized carbons (Fsp3) is 0.417. The van der Waals surface area contributed by atoms with Crippen LogP contribution in [0.15, 0.2) is 42.5 Å². The Morgan fingerprint density at radius 2 is 1.88 bits per heavy atom. The molecular weight excluding hydrogens is 467 g/mol. The van der Waals surface area contributed by atoms with Crippen molar-refractivity contribution in [3.05, 3.63) is 63.6 Å². The lowest BCUT2D eigenvalue weighted by atomic mass is 10.1. The Balaban J connectivity index is 2.14. The summed E-state index contributed by atoms with van der Waals surface area (Å²) in [6.45, 7) is 7.80. The fourth-order valence-electron chi connectivity index (χ4n) is 2.99. The monoisotopic (exact) mass is 496 g/mol. The van der Waals surface area contributed by atoms with Crippen molar-refractivity contribution >= 4 is 46.8 Å². The van der Waals surface area contributed by atoms with E-state index in [4.69, 9.17) is 27.9 Å². The highest BCUT2D eigenvalue weighted by molar-refractivity contribution is 7.99. The molecule has 0 aliphatic rings. The highest BCUT2D eigenvalue weighted by Gasteiger charge is 2.28. The number of carbonyl (C=O) groups is 2. The minimum absolute atomic E-state index is 0.125. The summed E-state index contributed by atoms with van der Waals surface area (Å²) in [6.07, 6.45) is 0. The summed E-state index contributed by atoms with van der Waals surface area (Å²) in [5.41, 5.74) is 1.40. The topological polar surface area (TPSA) is 58.6 Å². The Hall–Kier alpha value is -1.89. The number of benzene rings is 2. The molecule has 5 nitrogen and oxygen atoms in total. The molecule has 0 bridgehead atoms. The van der Waals surface area contributed by atoms with Gasteiger partial charge >= 0.3 is 0 Å². The molecule has 0 saturated carbocycles. The molecule has 0 heterocycles. The average Bonchev–Trinajstić information content (AvgIpc) is 2.72. The molecule has 174 valence electrons. The molecule has 0 radical (unpaired) electrons. The number of hydrogen-bond donors (Lipinski definition) is 1. The molecule has 2 aromatic rings. The van der Waals surface area contributed by atoms with Gasteiger partial charge in [-0.2, -0.15) is 0 Å². The van der Waals surface area contributed by atoms with Crippen LogP contribution in [0.3, 0.4) is 0 Å². The zero-order valence-corrected chi connectivity index (χ0v) is 21.4. The number of thioether (sulfide) groups is 1. The summed E-state index contributed by atoms with van der Waals surface area (Å²) in [7, 11) is 1.60. The van der Waals surface area contributed by atoms with Gasteiger partial charge in [0.15, 0.2) is 0 Å². The summed E-state index contributed by atoms with van der Waals surface area (Å²) >= 11 is 13.6. The van der Waals surface area contributed by atoms with E-state index < -0.39 is 11.6 Å². The first kappa shape index (κ1) is 26.4. The van der Waals surface area contributed by atoms with E-state index in [0.29, 0.717) is 28.1 Å². The first-order valence-electron chi connectivity index (χ1n) is 10.3. The lowest BCUT2D eigenvalue weighted by molar-refractivity contribution is -0.139. The smallest absolute Gasteiger partial charge is 0.242 e. The Bertz CT molecular complexity index is 947. The van der Waals surface area contributed by atoms with Crippen molar-refractivity contribution in [1.29, 1.82) is 0 Å². The molecule has 1 unspecified atom stereocenters. The molecule has 0 aromatic heterocycles. The third-order valence-electron chi connectivity index (χ3n) is 4.65. The normalized spacial score (nSPS) is 12.2. The highest BCUT2D eigenvalue weighted by Crippen LogP contribution is 2.25. The van der Waals surface area contributed by atoms with Crippen LogP contribution >= 0.6 is 35.0 Å². The van der Waals surface area contributed by atoms with E-state index in [9.17, 15) is 9.59 Å². The van der Waals surface area contributed by atoms with Crippen LogP contribution in [0, 0.1) is 0 Å². The molecule has 2 rings (SSSR count). The number of hydrogen-bond acceptors (Lipinski definition) is 4. The van der Waals surface area contributed by atoms with Gasteiger partial charge in [-0.3, -0.25) is 9.59 Å². The Kier molecular flexibility index (Phi) is 9.74. The zero-order valence-electron chi connectivity index (χ0n) is 19.1. The predicted molar refractivity (Wildman–Crippen MR) is 134 cm³/mol. The van der Waals surface area contributed by atoms with Gasteiger partial charge in [0.05, 0.1) is 12.9 Å². The maximum Gasteiger partial charge on any atom is 0.242 e. The number of rotatable bonds is 9. The Labute approximate surface area is 204 Å². The summed E-state index contributed by atoms with van der Waals surface area (Å²) < 4.78 is 5.30. The third kappa shape index (κ3) is 8.23. The summed E-state index contributed by atoms with van der Waals surface area (Å²) in [5.74, 6) is 1.17. The first-order valence-corrected chi connectivity index (χ1v) is 12.2. The van der Waals surface area contributed by atoms with Crippen molar-refractivity contribution < 1.29 is 14.3 Å². The van der Waals surface area contributed by atoms with Crippen molar-refractivity contribution in [2.24, 2.45) is 0 Å². The number of ether oxygens (including phenoxy) is 1. The van der Waals surface area contributed by atoms with Crippen LogP contribution in [0.2, 0.25) is 10.0 Å². The molecule has 0 spiro atoms. The van der Waals surface area contributed by atoms with Gasteiger partial charge in [-0.05, 0) is 63.1 Å². The average molecular weight is 497 g/mol. The Morgan fingerprint density at radius 1 is 1.16 bits per heavy atom. The van der Waals surface area contributed by atoms with Gasteiger partial charge in [-0.25, -0.2) is 0 Å². The SMILES string of the molecule is COc1cccc(CN(C(=O)CSCc2ccc(Cl)cc2Cl)C(C)C(=O)NC(C)(C)C)c1. The van der Waals surface area contributed by atoms with E-state index in [1.807, 2.05) is 51.1 Å². The van der Waals surface area contributed by atoms with Gasteiger partial charge in [-0.15, -0.1) is 11.8 Å². The van der Waals surface area contributed by atoms with E-state index in [2.05, 4.69) is 5.32 Å². The largest absolute Gasteiger partial charge is 0.497 e. The number of methoxy groups -OCH3 is 1. The second kappa shape index (κ2) is 11.8. The van der Waals surface area contributed by atoms with Crippen LogP contribution in [-0.4, -0.2) is 41.2 Å². The van der Waals surface area contributed by atoms with E-state index in [0.717, 1.165) is 11.1 Å². The summed E-state index contributed by atoms with van der Waals surface area (Å²) in [5, 5.41) is 4.11. The highest BCUT2D eigenvalue weighted by atomic mass is 35.5. The van der Waals surface area contributed by atoms with Crippen LogP contribution in [0.5, 0.6) is 5.75 Å². The van der Waals surface area contributed by atoms with Crippen molar-refractivity contribution in [3.8, 4) is 5.75 Å². The van der Waals surface area contributed by atoms with E-state index in [1.54, 1.807) is 31.1 Å². The predicted octanol–water partition coefficient (Wildman–Crippen LogP) is 5.57. The maximum absolute atomic E-state index is 13.2. The van der Waals surface area contributed by atoms with Crippen LogP contribution in [0.25, 0.3) is 0 Å². The molecule has 2 aromatic carbocycles. The molecule has 1 N–H and O–H groups in total. The minimum atomic E-state index is -0.632. The lowest BCUT2D eigenvalue weighted by Gasteiger charge is -2.31. The van der Waals surface area contributed by atoms with Gasteiger partial charge < -0.3 is 15.0 Å². The van der Waals surface area contributed by atoms with Gasteiger partial charge in [0, 0.05) is 27.9 Å². The Morgan fingerprint density at radius 3 is 2.50 bits per heavy atom. The summed E-state index contributed by atoms with van der Waals surface area (Å²) in [4.78, 5) is 27.6. The van der Waals surface area contributed by atoms with Gasteiger partial charge in [0.2, 0.25) is 11.8 Å². The molecule has 2 amide bonds. The molecule has 32 heavy (non-hydrogen) atoms. The molecule has 0 aliphatic heterocycles. The van der Waals surface area contributed by atoms with Gasteiger partial charge in [0.1, 0.15) is 11.8 Å². The second-order valence-corrected chi connectivity index (χ2v) is 10.3. The second-order valence-electron chi connectivity index (χ2n) is 8.52. The van der Waals surface area contributed by atoms with Crippen molar-refractivity contribution in [2.75, 3.05) is 12.9 Å². The van der Waals surface area contributed by atoms with Crippen molar-refractivity contribution in [3.63, 3.8) is 0 Å². The molecule has 0 fully saturated rings. The van der Waals surface area contributed by atoms with Crippen LogP contribution < -0.4 is 10.1 Å². The van der Waals surface area contributed by atoms with Crippen LogP contribution in [0.1, 0.15) is 38.8 Å². The zero-order chi connectivity index (χ0) is 23.9. The lowest BCUT2D eigenvalue weighted by Crippen LogP contribution is -2.52. The number of nitrogens with zero attached hydrogens (tertiary/aromatic N) is 1. The number of halogens is 2. The molecule has 8 heteroatoms. The molecular formula is C24H30Cl2N2O3S. The quantitative estimate of drug-likeness (QED) is 0.492. The number of carbonyl (C=O) groups excluding carboxylic acids is 2. The van der Waals surface area contributed by atoms with E-state index in [-0.39, 0.29) is 17.6 Å². The van der Waals surface area contributed by atoms with Gasteiger partial charge in [-0.1, -0.05) is 41.4 Å². The summed E-state index contributed by atoms with van der Waals surface area (Å²) in [6, 6.07) is 12.2. The first-order chi connectivity index (χ1) is 15.0. The van der Waals surface area contributed by atoms with Crippen molar-refractivity contribution in [1.82, 2.24) is 10.2 Å². The number of amides is 2. The third-order valence-corrected chi connectivity index (χ3v) is 6.20. The van der Waals surface area contributed by atoms with Crippen LogP contribution in [-0.2, 0) is 21.9 Å².